The van der Waals surface area contributed by atoms with E-state index in [9.17, 15) is 8.42 Å². The Labute approximate surface area is 169 Å². The van der Waals surface area contributed by atoms with Crippen molar-refractivity contribution in [2.75, 3.05) is 0 Å². The third kappa shape index (κ3) is 4.64. The van der Waals surface area contributed by atoms with Gasteiger partial charge in [-0.25, -0.2) is 8.42 Å². The zero-order valence-electron chi connectivity index (χ0n) is 15.2. The summed E-state index contributed by atoms with van der Waals surface area (Å²) < 4.78 is 29.2. The molecule has 0 spiro atoms. The fourth-order valence-corrected chi connectivity index (χ4v) is 4.77. The normalized spacial score (nSPS) is 12.9. The number of aromatic nitrogens is 1. The Morgan fingerprint density at radius 3 is 2.26 bits per heavy atom. The Hall–Kier alpha value is -2.02. The lowest BCUT2D eigenvalue weighted by Gasteiger charge is -2.28. The highest BCUT2D eigenvalue weighted by Gasteiger charge is 2.30. The fourth-order valence-electron chi connectivity index (χ4n) is 2.92. The molecule has 0 aliphatic carbocycles. The predicted molar refractivity (Wildman–Crippen MR) is 111 cm³/mol. The summed E-state index contributed by atoms with van der Waals surface area (Å²) in [6.07, 6.45) is 0. The van der Waals surface area contributed by atoms with Crippen LogP contribution in [-0.4, -0.2) is 17.7 Å². The van der Waals surface area contributed by atoms with Gasteiger partial charge in [-0.1, -0.05) is 52.3 Å². The lowest BCUT2D eigenvalue weighted by atomic mass is 10.1. The quantitative estimate of drug-likeness (QED) is 0.530. The largest absolute Gasteiger partial charge is 0.257 e. The van der Waals surface area contributed by atoms with Crippen LogP contribution in [0.1, 0.15) is 29.9 Å². The minimum atomic E-state index is -3.70. The molecule has 2 aromatic carbocycles. The van der Waals surface area contributed by atoms with Crippen molar-refractivity contribution in [1.29, 1.82) is 0 Å². The molecule has 3 aromatic rings. The Morgan fingerprint density at radius 1 is 0.963 bits per heavy atom. The van der Waals surface area contributed by atoms with Gasteiger partial charge >= 0.3 is 0 Å². The van der Waals surface area contributed by atoms with Crippen LogP contribution >= 0.6 is 15.9 Å². The molecule has 0 N–H and O–H groups in total. The summed E-state index contributed by atoms with van der Waals surface area (Å²) >= 11 is 3.36. The predicted octanol–water partition coefficient (Wildman–Crippen LogP) is 5.10. The van der Waals surface area contributed by atoms with E-state index in [-0.39, 0.29) is 17.5 Å². The van der Waals surface area contributed by atoms with Crippen LogP contribution in [0.4, 0.5) is 0 Å². The second-order valence-electron chi connectivity index (χ2n) is 6.36. The number of nitrogens with zero attached hydrogens (tertiary/aromatic N) is 2. The average molecular weight is 445 g/mol. The maximum absolute atomic E-state index is 13.4. The maximum atomic E-state index is 13.4. The van der Waals surface area contributed by atoms with E-state index in [1.165, 1.54) is 4.31 Å². The van der Waals surface area contributed by atoms with E-state index in [2.05, 4.69) is 20.9 Å². The van der Waals surface area contributed by atoms with Crippen molar-refractivity contribution in [2.45, 2.75) is 31.3 Å². The van der Waals surface area contributed by atoms with Gasteiger partial charge in [-0.15, -0.1) is 0 Å². The van der Waals surface area contributed by atoms with E-state index < -0.39 is 10.0 Å². The summed E-state index contributed by atoms with van der Waals surface area (Å²) in [5.74, 6) is 0. The number of aryl methyl sites for hydroxylation is 1. The molecule has 6 heteroatoms. The van der Waals surface area contributed by atoms with E-state index in [4.69, 9.17) is 0 Å². The molecule has 0 bridgehead atoms. The van der Waals surface area contributed by atoms with E-state index in [1.807, 2.05) is 62.4 Å². The van der Waals surface area contributed by atoms with Gasteiger partial charge in [0.25, 0.3) is 0 Å². The molecule has 0 aliphatic rings. The van der Waals surface area contributed by atoms with Crippen LogP contribution in [0.5, 0.6) is 0 Å². The fraction of sp³-hybridized carbons (Fsp3) is 0.190. The number of sulfonamides is 1. The molecule has 0 radical (unpaired) electrons. The van der Waals surface area contributed by atoms with Crippen molar-refractivity contribution in [3.63, 3.8) is 0 Å². The maximum Gasteiger partial charge on any atom is 0.243 e. The van der Waals surface area contributed by atoms with Gasteiger partial charge in [-0.05, 0) is 55.8 Å². The molecule has 0 amide bonds. The SMILES string of the molecule is Cc1cccc(CN(C(C)c2ccccc2)S(=O)(=O)c2ccc(Br)cc2)n1. The molecule has 1 heterocycles. The van der Waals surface area contributed by atoms with Gasteiger partial charge in [0, 0.05) is 16.2 Å². The zero-order chi connectivity index (χ0) is 19.4. The first-order valence-corrected chi connectivity index (χ1v) is 10.9. The molecule has 0 aliphatic heterocycles. The van der Waals surface area contributed by atoms with Crippen LogP contribution in [0.15, 0.2) is 82.2 Å². The van der Waals surface area contributed by atoms with Crippen LogP contribution in [0.2, 0.25) is 0 Å². The first-order valence-electron chi connectivity index (χ1n) is 8.63. The summed E-state index contributed by atoms with van der Waals surface area (Å²) in [5.41, 5.74) is 2.52. The molecule has 1 unspecified atom stereocenters. The molecular formula is C21H21BrN2O2S. The van der Waals surface area contributed by atoms with Crippen molar-refractivity contribution in [3.8, 4) is 0 Å². The molecule has 1 aromatic heterocycles. The smallest absolute Gasteiger partial charge is 0.243 e. The summed E-state index contributed by atoms with van der Waals surface area (Å²) in [4.78, 5) is 4.76. The van der Waals surface area contributed by atoms with Gasteiger partial charge < -0.3 is 0 Å². The highest BCUT2D eigenvalue weighted by Crippen LogP contribution is 2.29. The van der Waals surface area contributed by atoms with Gasteiger partial charge in [0.1, 0.15) is 0 Å². The monoisotopic (exact) mass is 444 g/mol. The van der Waals surface area contributed by atoms with Gasteiger partial charge in [0.15, 0.2) is 0 Å². The van der Waals surface area contributed by atoms with Crippen LogP contribution in [0.25, 0.3) is 0 Å². The summed E-state index contributed by atoms with van der Waals surface area (Å²) in [6.45, 7) is 4.01. The molecule has 4 nitrogen and oxygen atoms in total. The standard InChI is InChI=1S/C21H21BrN2O2S/c1-16-7-6-10-20(23-16)15-24(17(2)18-8-4-3-5-9-18)27(25,26)21-13-11-19(22)12-14-21/h3-14,17H,15H2,1-2H3. The Morgan fingerprint density at radius 2 is 1.63 bits per heavy atom. The number of halogens is 1. The molecule has 27 heavy (non-hydrogen) atoms. The third-order valence-electron chi connectivity index (χ3n) is 4.40. The number of hydrogen-bond acceptors (Lipinski definition) is 3. The summed E-state index contributed by atoms with van der Waals surface area (Å²) in [5, 5.41) is 0. The molecule has 140 valence electrons. The molecule has 3 rings (SSSR count). The highest BCUT2D eigenvalue weighted by atomic mass is 79.9. The third-order valence-corrected chi connectivity index (χ3v) is 6.86. The molecule has 1 atom stereocenters. The minimum absolute atomic E-state index is 0.205. The van der Waals surface area contributed by atoms with Crippen molar-refractivity contribution in [2.24, 2.45) is 0 Å². The van der Waals surface area contributed by atoms with Crippen molar-refractivity contribution >= 4 is 26.0 Å². The van der Waals surface area contributed by atoms with E-state index in [0.717, 1.165) is 21.4 Å². The molecule has 0 saturated carbocycles. The second-order valence-corrected chi connectivity index (χ2v) is 9.17. The van der Waals surface area contributed by atoms with Gasteiger partial charge in [0.2, 0.25) is 10.0 Å². The number of pyridine rings is 1. The van der Waals surface area contributed by atoms with Gasteiger partial charge in [-0.2, -0.15) is 4.31 Å². The van der Waals surface area contributed by atoms with Crippen LogP contribution in [-0.2, 0) is 16.6 Å². The average Bonchev–Trinajstić information content (AvgIpc) is 2.66. The van der Waals surface area contributed by atoms with Crippen molar-refractivity contribution < 1.29 is 8.42 Å². The Bertz CT molecular complexity index is 1010. The van der Waals surface area contributed by atoms with Crippen LogP contribution < -0.4 is 0 Å². The minimum Gasteiger partial charge on any atom is -0.257 e. The number of benzene rings is 2. The molecular weight excluding hydrogens is 424 g/mol. The Kier molecular flexibility index (Phi) is 6.09. The van der Waals surface area contributed by atoms with Crippen molar-refractivity contribution in [3.05, 3.63) is 94.2 Å². The number of hydrogen-bond donors (Lipinski definition) is 0. The first-order chi connectivity index (χ1) is 12.9. The zero-order valence-corrected chi connectivity index (χ0v) is 17.6. The van der Waals surface area contributed by atoms with E-state index in [1.54, 1.807) is 24.3 Å². The Balaban J connectivity index is 2.04. The summed E-state index contributed by atoms with van der Waals surface area (Å²) in [6, 6.07) is 21.7. The van der Waals surface area contributed by atoms with Crippen molar-refractivity contribution in [1.82, 2.24) is 9.29 Å². The second kappa shape index (κ2) is 8.33. The molecule has 0 fully saturated rings. The molecule has 0 saturated heterocycles. The van der Waals surface area contributed by atoms with Crippen LogP contribution in [0.3, 0.4) is 0 Å². The van der Waals surface area contributed by atoms with Gasteiger partial charge in [0.05, 0.1) is 17.1 Å². The lowest BCUT2D eigenvalue weighted by molar-refractivity contribution is 0.332. The van der Waals surface area contributed by atoms with E-state index >= 15 is 0 Å². The summed E-state index contributed by atoms with van der Waals surface area (Å²) in [7, 11) is -3.70. The lowest BCUT2D eigenvalue weighted by Crippen LogP contribution is -2.33. The highest BCUT2D eigenvalue weighted by molar-refractivity contribution is 9.10. The van der Waals surface area contributed by atoms with Gasteiger partial charge in [-0.3, -0.25) is 4.98 Å². The van der Waals surface area contributed by atoms with Crippen LogP contribution in [0, 0.1) is 6.92 Å². The number of rotatable bonds is 6. The topological polar surface area (TPSA) is 50.3 Å². The van der Waals surface area contributed by atoms with E-state index in [0.29, 0.717) is 0 Å². The first kappa shape index (κ1) is 19.7.